The molecular weight excluding hydrogens is 184 g/mol. The fourth-order valence-electron chi connectivity index (χ4n) is 0.495. The molecule has 4 heteroatoms. The first-order chi connectivity index (χ1) is 6.13. The number of rotatable bonds is 8. The molecule has 0 radical (unpaired) electrons. The third kappa shape index (κ3) is 14.4. The van der Waals surface area contributed by atoms with Crippen molar-refractivity contribution in [1.82, 2.24) is 0 Å². The molecule has 0 saturated heterocycles. The van der Waals surface area contributed by atoms with Crippen LogP contribution >= 0.6 is 0 Å². The van der Waals surface area contributed by atoms with Crippen LogP contribution in [0, 0.1) is 5.92 Å². The van der Waals surface area contributed by atoms with Gasteiger partial charge in [-0.15, -0.1) is 0 Å². The second-order valence-corrected chi connectivity index (χ2v) is 3.47. The lowest BCUT2D eigenvalue weighted by molar-refractivity contribution is -0.353. The smallest absolute Gasteiger partial charge is 0.109 e. The summed E-state index contributed by atoms with van der Waals surface area (Å²) in [5, 5.41) is 0. The van der Waals surface area contributed by atoms with Crippen molar-refractivity contribution in [3.05, 3.63) is 0 Å². The summed E-state index contributed by atoms with van der Waals surface area (Å²) in [5.41, 5.74) is 0. The summed E-state index contributed by atoms with van der Waals surface area (Å²) in [7, 11) is 0. The van der Waals surface area contributed by atoms with E-state index >= 15 is 0 Å². The van der Waals surface area contributed by atoms with E-state index in [1.54, 1.807) is 0 Å². The Morgan fingerprint density at radius 1 is 0.857 bits per heavy atom. The zero-order valence-corrected chi connectivity index (χ0v) is 8.91. The van der Waals surface area contributed by atoms with Crippen molar-refractivity contribution in [1.29, 1.82) is 0 Å². The van der Waals surface area contributed by atoms with Gasteiger partial charge in [-0.05, 0) is 19.8 Å². The average Bonchev–Trinajstić information content (AvgIpc) is 2.01. The van der Waals surface area contributed by atoms with Crippen molar-refractivity contribution in [3.63, 3.8) is 0 Å². The third-order valence-electron chi connectivity index (χ3n) is 0.995. The van der Waals surface area contributed by atoms with Crippen molar-refractivity contribution in [2.24, 2.45) is 5.92 Å². The molecule has 4 nitrogen and oxygen atoms in total. The van der Waals surface area contributed by atoms with E-state index in [1.807, 2.05) is 13.8 Å². The van der Waals surface area contributed by atoms with Gasteiger partial charge >= 0.3 is 0 Å². The van der Waals surface area contributed by atoms with E-state index in [2.05, 4.69) is 13.8 Å². The molecule has 0 heterocycles. The molecule has 88 valence electrons. The van der Waals surface area contributed by atoms with Gasteiger partial charge in [0.25, 0.3) is 0 Å². The molecule has 0 aliphatic heterocycles. The normalized spacial score (nSPS) is 10.7. The highest BCUT2D eigenvalue weighted by Crippen LogP contribution is 1.93. The van der Waals surface area contributed by atoms with Crippen molar-refractivity contribution in [2.75, 3.05) is 19.8 Å². The summed E-state index contributed by atoms with van der Waals surface area (Å²) < 4.78 is 0. The first-order valence-electron chi connectivity index (χ1n) is 4.65. The molecule has 0 aliphatic rings. The third-order valence-corrected chi connectivity index (χ3v) is 0.995. The Bertz CT molecular complexity index is 92.3. The van der Waals surface area contributed by atoms with Gasteiger partial charge in [-0.2, -0.15) is 0 Å². The van der Waals surface area contributed by atoms with Crippen molar-refractivity contribution < 1.29 is 19.6 Å². The Hall–Kier alpha value is -0.160. The van der Waals surface area contributed by atoms with Crippen LogP contribution in [-0.4, -0.2) is 25.9 Å². The molecule has 0 aromatic carbocycles. The minimum absolute atomic E-state index is 0. The van der Waals surface area contributed by atoms with E-state index in [4.69, 9.17) is 19.6 Å². The maximum atomic E-state index is 4.87. The molecule has 0 N–H and O–H groups in total. The molecule has 0 saturated carbocycles. The fraction of sp³-hybridized carbons (Fsp3) is 1.00. The second kappa shape index (κ2) is 10.9. The van der Waals surface area contributed by atoms with Crippen LogP contribution in [0.15, 0.2) is 0 Å². The minimum atomic E-state index is 0. The molecular formula is C10H24O4. The summed E-state index contributed by atoms with van der Waals surface area (Å²) in [5.74, 6) is 0.479. The molecule has 0 spiro atoms. The van der Waals surface area contributed by atoms with Crippen LogP contribution < -0.4 is 0 Å². The van der Waals surface area contributed by atoms with Crippen molar-refractivity contribution in [2.45, 2.75) is 41.2 Å². The van der Waals surface area contributed by atoms with Crippen molar-refractivity contribution >= 4 is 0 Å². The van der Waals surface area contributed by atoms with E-state index in [-0.39, 0.29) is 13.5 Å². The van der Waals surface area contributed by atoms with Gasteiger partial charge in [0.2, 0.25) is 0 Å². The number of hydrogen-bond donors (Lipinski definition) is 0. The monoisotopic (exact) mass is 208 g/mol. The molecule has 0 atom stereocenters. The second-order valence-electron chi connectivity index (χ2n) is 3.47. The lowest BCUT2D eigenvalue weighted by Crippen LogP contribution is -2.10. The van der Waals surface area contributed by atoms with Gasteiger partial charge in [-0.3, -0.25) is 0 Å². The first kappa shape index (κ1) is 16.3. The summed E-state index contributed by atoms with van der Waals surface area (Å²) >= 11 is 0. The van der Waals surface area contributed by atoms with Gasteiger partial charge < -0.3 is 0 Å². The molecule has 0 fully saturated rings. The van der Waals surface area contributed by atoms with Gasteiger partial charge in [0.1, 0.15) is 13.2 Å². The van der Waals surface area contributed by atoms with Gasteiger partial charge in [0, 0.05) is 0 Å². The van der Waals surface area contributed by atoms with E-state index in [1.165, 1.54) is 0 Å². The maximum Gasteiger partial charge on any atom is 0.109 e. The average molecular weight is 208 g/mol. The largest absolute Gasteiger partial charge is 0.236 e. The zero-order valence-electron chi connectivity index (χ0n) is 8.91. The molecule has 0 rings (SSSR count). The zero-order chi connectivity index (χ0) is 10.1. The quantitative estimate of drug-likeness (QED) is 0.349. The van der Waals surface area contributed by atoms with E-state index < -0.39 is 0 Å². The van der Waals surface area contributed by atoms with Crippen LogP contribution in [-0.2, 0) is 19.6 Å². The molecule has 0 aliphatic carbocycles. The maximum absolute atomic E-state index is 4.87. The van der Waals surface area contributed by atoms with Gasteiger partial charge in [0.15, 0.2) is 0 Å². The van der Waals surface area contributed by atoms with Crippen LogP contribution in [0.1, 0.15) is 35.1 Å². The Morgan fingerprint density at radius 3 is 1.93 bits per heavy atom. The van der Waals surface area contributed by atoms with Gasteiger partial charge in [-0.1, -0.05) is 21.3 Å². The summed E-state index contributed by atoms with van der Waals surface area (Å²) in [4.78, 5) is 19.3. The first-order valence-corrected chi connectivity index (χ1v) is 4.65. The highest BCUT2D eigenvalue weighted by Gasteiger charge is 1.96. The summed E-state index contributed by atoms with van der Waals surface area (Å²) in [6, 6.07) is 0. The minimum Gasteiger partial charge on any atom is -0.236 e. The highest BCUT2D eigenvalue weighted by atomic mass is 17.2. The van der Waals surface area contributed by atoms with Crippen LogP contribution in [0.2, 0.25) is 0 Å². The highest BCUT2D eigenvalue weighted by molar-refractivity contribution is 4.34. The Morgan fingerprint density at radius 2 is 1.43 bits per heavy atom. The number of hydrogen-bond acceptors (Lipinski definition) is 4. The van der Waals surface area contributed by atoms with Crippen molar-refractivity contribution in [3.8, 4) is 0 Å². The molecule has 0 aromatic rings. The Kier molecular flexibility index (Phi) is 12.7. The van der Waals surface area contributed by atoms with Crippen LogP contribution in [0.25, 0.3) is 0 Å². The fourth-order valence-corrected chi connectivity index (χ4v) is 0.495. The van der Waals surface area contributed by atoms with Crippen LogP contribution in [0.4, 0.5) is 0 Å². The van der Waals surface area contributed by atoms with Crippen LogP contribution in [0.3, 0.4) is 0 Å². The summed E-state index contributed by atoms with van der Waals surface area (Å²) in [6.45, 7) is 9.29. The Labute approximate surface area is 87.3 Å². The Balaban J connectivity index is 0. The van der Waals surface area contributed by atoms with E-state index in [9.17, 15) is 0 Å². The lowest BCUT2D eigenvalue weighted by atomic mass is 10.2. The van der Waals surface area contributed by atoms with Crippen LogP contribution in [0.5, 0.6) is 0 Å². The lowest BCUT2D eigenvalue weighted by Gasteiger charge is -2.07. The molecule has 0 amide bonds. The summed E-state index contributed by atoms with van der Waals surface area (Å²) in [6.07, 6.45) is 0.0802. The standard InChI is InChI=1S/C9H20O4.CH4/c1-8(2)7-12-10-5-6-11-13-9(3)4;/h8-9H,5-7H2,1-4H3;1H4. The predicted octanol–water partition coefficient (Wildman–Crippen LogP) is 2.58. The van der Waals surface area contributed by atoms with E-state index in [0.717, 1.165) is 0 Å². The topological polar surface area (TPSA) is 36.9 Å². The molecule has 0 bridgehead atoms. The molecule has 0 aromatic heterocycles. The van der Waals surface area contributed by atoms with E-state index in [0.29, 0.717) is 25.7 Å². The van der Waals surface area contributed by atoms with Gasteiger partial charge in [-0.25, -0.2) is 19.6 Å². The predicted molar refractivity (Wildman–Crippen MR) is 55.6 cm³/mol. The molecule has 0 unspecified atom stereocenters. The van der Waals surface area contributed by atoms with Gasteiger partial charge in [0.05, 0.1) is 12.7 Å². The molecule has 14 heavy (non-hydrogen) atoms. The SMILES string of the molecule is C.CC(C)COOCCOOC(C)C.